The van der Waals surface area contributed by atoms with E-state index in [2.05, 4.69) is 10.1 Å². The van der Waals surface area contributed by atoms with Crippen LogP contribution in [-0.4, -0.2) is 27.8 Å². The van der Waals surface area contributed by atoms with E-state index in [1.165, 1.54) is 11.8 Å². The van der Waals surface area contributed by atoms with E-state index in [4.69, 9.17) is 16.3 Å². The number of nitrogens with zero attached hydrogens (tertiary/aromatic N) is 2. The lowest BCUT2D eigenvalue weighted by Crippen LogP contribution is -2.14. The molecule has 0 fully saturated rings. The molecule has 0 saturated heterocycles. The molecule has 0 aliphatic carbocycles. The Morgan fingerprint density at radius 3 is 2.64 bits per heavy atom. The molecular weight excluding hydrogens is 378 g/mol. The van der Waals surface area contributed by atoms with Gasteiger partial charge in [0.05, 0.1) is 23.9 Å². The first-order chi connectivity index (χ1) is 13.5. The van der Waals surface area contributed by atoms with Gasteiger partial charge in [0.25, 0.3) is 5.56 Å². The van der Waals surface area contributed by atoms with Crippen molar-refractivity contribution in [3.8, 4) is 28.1 Å². The number of aromatic amines is 1. The Bertz CT molecular complexity index is 1210. The van der Waals surface area contributed by atoms with Crippen molar-refractivity contribution in [3.05, 3.63) is 81.4 Å². The minimum Gasteiger partial charge on any atom is -0.465 e. The number of H-pyrrole nitrogens is 1. The standard InChI is InChI=1S/C21H16ClN3O3/c1-12-18(13-4-3-5-14(10-13)21(27)28-2)19-17(11-23-12)20(26)25(24-19)16-8-6-15(22)7-9-16/h3-11,23H,1-2H3. The molecule has 28 heavy (non-hydrogen) atoms. The van der Waals surface area contributed by atoms with Crippen LogP contribution < -0.4 is 5.56 Å². The fraction of sp³-hybridized carbons (Fsp3) is 0.0952. The van der Waals surface area contributed by atoms with Gasteiger partial charge in [-0.1, -0.05) is 23.7 Å². The maximum Gasteiger partial charge on any atom is 0.337 e. The number of ether oxygens (including phenoxy) is 1. The zero-order valence-corrected chi connectivity index (χ0v) is 15.9. The molecule has 0 spiro atoms. The third-order valence-electron chi connectivity index (χ3n) is 4.57. The second-order valence-electron chi connectivity index (χ2n) is 6.32. The van der Waals surface area contributed by atoms with Crippen molar-refractivity contribution in [3.63, 3.8) is 0 Å². The van der Waals surface area contributed by atoms with Crippen LogP contribution in [0.3, 0.4) is 0 Å². The second kappa shape index (κ2) is 6.98. The summed E-state index contributed by atoms with van der Waals surface area (Å²) in [7, 11) is 1.34. The Labute approximate surface area is 165 Å². The summed E-state index contributed by atoms with van der Waals surface area (Å²) < 4.78 is 6.16. The number of benzene rings is 2. The molecule has 4 rings (SSSR count). The van der Waals surface area contributed by atoms with Gasteiger partial charge in [0.2, 0.25) is 0 Å². The number of methoxy groups -OCH3 is 1. The van der Waals surface area contributed by atoms with Gasteiger partial charge in [-0.05, 0) is 48.9 Å². The highest BCUT2D eigenvalue weighted by Crippen LogP contribution is 2.33. The van der Waals surface area contributed by atoms with Gasteiger partial charge in [-0.15, -0.1) is 0 Å². The van der Waals surface area contributed by atoms with E-state index in [1.807, 2.05) is 13.0 Å². The fourth-order valence-electron chi connectivity index (χ4n) is 3.19. The number of esters is 1. The number of carbonyl (C=O) groups is 1. The highest BCUT2D eigenvalue weighted by molar-refractivity contribution is 6.30. The monoisotopic (exact) mass is 393 g/mol. The summed E-state index contributed by atoms with van der Waals surface area (Å²) in [5.74, 6) is -0.424. The van der Waals surface area contributed by atoms with E-state index in [-0.39, 0.29) is 5.56 Å². The van der Waals surface area contributed by atoms with Crippen molar-refractivity contribution >= 4 is 17.6 Å². The average Bonchev–Trinajstić information content (AvgIpc) is 3.04. The SMILES string of the molecule is COC(=O)c1cccc(-c2c3nn(-c4ccc(Cl)cc4)c(=O)c-3c[nH]c2C)c1. The van der Waals surface area contributed by atoms with E-state index in [9.17, 15) is 9.59 Å². The Kier molecular flexibility index (Phi) is 4.49. The Balaban J connectivity index is 1.94. The van der Waals surface area contributed by atoms with Crippen LogP contribution in [0.4, 0.5) is 0 Å². The molecule has 0 radical (unpaired) electrons. The normalized spacial score (nSPS) is 11.0. The van der Waals surface area contributed by atoms with E-state index < -0.39 is 5.97 Å². The smallest absolute Gasteiger partial charge is 0.337 e. The molecule has 0 aromatic heterocycles. The van der Waals surface area contributed by atoms with Crippen LogP contribution in [0.5, 0.6) is 0 Å². The molecule has 0 unspecified atom stereocenters. The number of pyridine rings is 1. The number of aromatic nitrogens is 3. The summed E-state index contributed by atoms with van der Waals surface area (Å²) in [6.07, 6.45) is 1.65. The number of hydrogen-bond acceptors (Lipinski definition) is 4. The highest BCUT2D eigenvalue weighted by Gasteiger charge is 2.22. The molecule has 0 amide bonds. The minimum atomic E-state index is -0.424. The molecule has 7 heteroatoms. The minimum absolute atomic E-state index is 0.237. The van der Waals surface area contributed by atoms with Gasteiger partial charge < -0.3 is 9.72 Å². The molecular formula is C21H16ClN3O3. The molecule has 140 valence electrons. The van der Waals surface area contributed by atoms with E-state index >= 15 is 0 Å². The lowest BCUT2D eigenvalue weighted by molar-refractivity contribution is 0.0601. The zero-order chi connectivity index (χ0) is 19.8. The number of halogens is 1. The van der Waals surface area contributed by atoms with Crippen LogP contribution in [0.15, 0.2) is 59.5 Å². The van der Waals surface area contributed by atoms with Crippen molar-refractivity contribution < 1.29 is 9.53 Å². The molecule has 2 heterocycles. The molecule has 0 bridgehead atoms. The molecule has 2 aromatic rings. The Hall–Kier alpha value is -3.38. The number of hydrogen-bond donors (Lipinski definition) is 1. The fourth-order valence-corrected chi connectivity index (χ4v) is 3.32. The van der Waals surface area contributed by atoms with Crippen LogP contribution in [0, 0.1) is 6.92 Å². The summed E-state index contributed by atoms with van der Waals surface area (Å²) in [6.45, 7) is 1.89. The van der Waals surface area contributed by atoms with Crippen LogP contribution in [0.25, 0.3) is 28.1 Å². The molecule has 2 aliphatic heterocycles. The first kappa shape index (κ1) is 18.0. The second-order valence-corrected chi connectivity index (χ2v) is 6.75. The van der Waals surface area contributed by atoms with Gasteiger partial charge in [0.15, 0.2) is 0 Å². The quantitative estimate of drug-likeness (QED) is 0.532. The van der Waals surface area contributed by atoms with Gasteiger partial charge in [-0.25, -0.2) is 4.79 Å². The number of rotatable bonds is 3. The summed E-state index contributed by atoms with van der Waals surface area (Å²) in [5.41, 5.74) is 4.18. The van der Waals surface area contributed by atoms with Crippen molar-refractivity contribution in [2.75, 3.05) is 7.11 Å². The number of nitrogens with one attached hydrogen (secondary N) is 1. The predicted octanol–water partition coefficient (Wildman–Crippen LogP) is 4.08. The van der Waals surface area contributed by atoms with Crippen LogP contribution in [-0.2, 0) is 4.74 Å². The van der Waals surface area contributed by atoms with Gasteiger partial charge in [-0.3, -0.25) is 4.79 Å². The molecule has 2 aromatic carbocycles. The summed E-state index contributed by atoms with van der Waals surface area (Å²) in [5, 5.41) is 5.15. The van der Waals surface area contributed by atoms with E-state index in [1.54, 1.807) is 48.7 Å². The van der Waals surface area contributed by atoms with Gasteiger partial charge in [0.1, 0.15) is 5.69 Å². The molecule has 0 atom stereocenters. The largest absolute Gasteiger partial charge is 0.465 e. The summed E-state index contributed by atoms with van der Waals surface area (Å²) in [6, 6.07) is 13.9. The number of fused-ring (bicyclic) bond motifs is 1. The summed E-state index contributed by atoms with van der Waals surface area (Å²) in [4.78, 5) is 27.9. The maximum atomic E-state index is 12.9. The maximum absolute atomic E-state index is 12.9. The van der Waals surface area contributed by atoms with E-state index in [0.29, 0.717) is 27.5 Å². The topological polar surface area (TPSA) is 77.0 Å². The lowest BCUT2D eigenvalue weighted by atomic mass is 9.97. The first-order valence-corrected chi connectivity index (χ1v) is 8.93. The zero-order valence-electron chi connectivity index (χ0n) is 15.2. The van der Waals surface area contributed by atoms with Crippen molar-refractivity contribution in [2.45, 2.75) is 6.92 Å². The molecule has 6 nitrogen and oxygen atoms in total. The third-order valence-corrected chi connectivity index (χ3v) is 4.82. The Morgan fingerprint density at radius 2 is 1.93 bits per heavy atom. The van der Waals surface area contributed by atoms with Gasteiger partial charge in [0, 0.05) is 22.5 Å². The van der Waals surface area contributed by atoms with E-state index in [0.717, 1.165) is 16.8 Å². The molecule has 2 aliphatic rings. The van der Waals surface area contributed by atoms with Crippen molar-refractivity contribution in [1.29, 1.82) is 0 Å². The molecule has 0 saturated carbocycles. The highest BCUT2D eigenvalue weighted by atomic mass is 35.5. The van der Waals surface area contributed by atoms with Crippen LogP contribution in [0.2, 0.25) is 5.02 Å². The van der Waals surface area contributed by atoms with Crippen molar-refractivity contribution in [1.82, 2.24) is 14.8 Å². The van der Waals surface area contributed by atoms with Gasteiger partial charge in [-0.2, -0.15) is 9.78 Å². The van der Waals surface area contributed by atoms with Gasteiger partial charge >= 0.3 is 5.97 Å². The van der Waals surface area contributed by atoms with Crippen LogP contribution >= 0.6 is 11.6 Å². The average molecular weight is 394 g/mol. The number of aryl methyl sites for hydroxylation is 1. The third kappa shape index (κ3) is 2.97. The van der Waals surface area contributed by atoms with Crippen molar-refractivity contribution in [2.24, 2.45) is 0 Å². The first-order valence-electron chi connectivity index (χ1n) is 8.55. The molecule has 1 N–H and O–H groups in total. The Morgan fingerprint density at radius 1 is 1.18 bits per heavy atom. The predicted molar refractivity (Wildman–Crippen MR) is 107 cm³/mol. The summed E-state index contributed by atoms with van der Waals surface area (Å²) >= 11 is 5.95. The lowest BCUT2D eigenvalue weighted by Gasteiger charge is -2.11. The van der Waals surface area contributed by atoms with Crippen LogP contribution in [0.1, 0.15) is 16.1 Å². The number of carbonyl (C=O) groups excluding carboxylic acids is 1.